The highest BCUT2D eigenvalue weighted by atomic mass is 32.2. The predicted molar refractivity (Wildman–Crippen MR) is 87.4 cm³/mol. The molecule has 1 saturated carbocycles. The molecular formula is C17H27NO2S. The maximum Gasteiger partial charge on any atom is 0.183 e. The molecule has 2 atom stereocenters. The van der Waals surface area contributed by atoms with E-state index in [0.29, 0.717) is 4.90 Å². The number of hydrogen-bond donors (Lipinski definition) is 1. The van der Waals surface area contributed by atoms with Gasteiger partial charge in [-0.15, -0.1) is 0 Å². The molecule has 4 heteroatoms. The highest BCUT2D eigenvalue weighted by molar-refractivity contribution is 7.92. The van der Waals surface area contributed by atoms with Crippen molar-refractivity contribution in [1.82, 2.24) is 5.32 Å². The fraction of sp³-hybridized carbons (Fsp3) is 0.647. The van der Waals surface area contributed by atoms with Crippen molar-refractivity contribution in [3.8, 4) is 0 Å². The lowest BCUT2D eigenvalue weighted by Crippen LogP contribution is -2.43. The van der Waals surface area contributed by atoms with Crippen LogP contribution in [0.25, 0.3) is 0 Å². The highest BCUT2D eigenvalue weighted by Gasteiger charge is 2.35. The van der Waals surface area contributed by atoms with Crippen LogP contribution in [-0.4, -0.2) is 26.3 Å². The largest absolute Gasteiger partial charge is 0.313 e. The molecule has 0 heterocycles. The van der Waals surface area contributed by atoms with Gasteiger partial charge in [0, 0.05) is 6.04 Å². The maximum absolute atomic E-state index is 13.2. The van der Waals surface area contributed by atoms with Gasteiger partial charge in [0.1, 0.15) is 0 Å². The van der Waals surface area contributed by atoms with E-state index < -0.39 is 9.84 Å². The van der Waals surface area contributed by atoms with Gasteiger partial charge in [-0.2, -0.15) is 0 Å². The first-order valence-electron chi connectivity index (χ1n) is 8.01. The van der Waals surface area contributed by atoms with Crippen LogP contribution in [-0.2, 0) is 9.84 Å². The molecule has 1 fully saturated rings. The number of rotatable bonds is 4. The molecule has 3 nitrogen and oxygen atoms in total. The summed E-state index contributed by atoms with van der Waals surface area (Å²) in [6, 6.07) is 5.81. The summed E-state index contributed by atoms with van der Waals surface area (Å²) in [6.07, 6.45) is 5.00. The molecule has 21 heavy (non-hydrogen) atoms. The number of aryl methyl sites for hydroxylation is 2. The van der Waals surface area contributed by atoms with Crippen LogP contribution in [0.1, 0.15) is 50.2 Å². The minimum atomic E-state index is -3.27. The Bertz CT molecular complexity index is 580. The Labute approximate surface area is 129 Å². The molecule has 1 aliphatic carbocycles. The van der Waals surface area contributed by atoms with Crippen molar-refractivity contribution in [2.24, 2.45) is 0 Å². The third-order valence-electron chi connectivity index (χ3n) is 4.47. The molecular weight excluding hydrogens is 282 g/mol. The van der Waals surface area contributed by atoms with E-state index in [1.54, 1.807) is 0 Å². The normalized spacial score (nSPS) is 23.8. The van der Waals surface area contributed by atoms with Gasteiger partial charge in [-0.25, -0.2) is 8.42 Å². The van der Waals surface area contributed by atoms with E-state index in [2.05, 4.69) is 5.32 Å². The first-order valence-corrected chi connectivity index (χ1v) is 9.56. The van der Waals surface area contributed by atoms with Gasteiger partial charge in [0.25, 0.3) is 0 Å². The monoisotopic (exact) mass is 309 g/mol. The lowest BCUT2D eigenvalue weighted by molar-refractivity contribution is 0.460. The second kappa shape index (κ2) is 6.93. The number of sulfone groups is 1. The minimum absolute atomic E-state index is 0.0856. The summed E-state index contributed by atoms with van der Waals surface area (Å²) in [6.45, 7) is 6.72. The van der Waals surface area contributed by atoms with Crippen LogP contribution in [0.4, 0.5) is 0 Å². The van der Waals surface area contributed by atoms with Gasteiger partial charge in [-0.1, -0.05) is 38.3 Å². The first-order chi connectivity index (χ1) is 9.96. The summed E-state index contributed by atoms with van der Waals surface area (Å²) in [5, 5.41) is 3.11. The van der Waals surface area contributed by atoms with Crippen molar-refractivity contribution in [2.45, 2.75) is 69.1 Å². The molecule has 2 rings (SSSR count). The Balaban J connectivity index is 2.41. The quantitative estimate of drug-likeness (QED) is 0.867. The second-order valence-electron chi connectivity index (χ2n) is 6.15. The summed E-state index contributed by atoms with van der Waals surface area (Å²) in [4.78, 5) is 0.525. The standard InChI is InChI=1S/C17H27NO2S/c1-4-18-15-8-6-5-7-9-16(15)21(19,20)17-12-13(2)10-11-14(17)3/h10-12,15-16,18H,4-9H2,1-3H3. The average molecular weight is 309 g/mol. The summed E-state index contributed by atoms with van der Waals surface area (Å²) in [5.41, 5.74) is 1.87. The van der Waals surface area contributed by atoms with Crippen molar-refractivity contribution in [1.29, 1.82) is 0 Å². The predicted octanol–water partition coefficient (Wildman–Crippen LogP) is 3.39. The zero-order valence-electron chi connectivity index (χ0n) is 13.4. The van der Waals surface area contributed by atoms with Crippen LogP contribution < -0.4 is 5.32 Å². The lowest BCUT2D eigenvalue weighted by Gasteiger charge is -2.26. The van der Waals surface area contributed by atoms with E-state index in [-0.39, 0.29) is 11.3 Å². The third-order valence-corrected chi connectivity index (χ3v) is 6.88. The molecule has 1 aromatic rings. The first kappa shape index (κ1) is 16.5. The van der Waals surface area contributed by atoms with E-state index >= 15 is 0 Å². The molecule has 0 radical (unpaired) electrons. The molecule has 0 spiro atoms. The van der Waals surface area contributed by atoms with Crippen LogP contribution >= 0.6 is 0 Å². The zero-order valence-corrected chi connectivity index (χ0v) is 14.2. The SMILES string of the molecule is CCNC1CCCCCC1S(=O)(=O)c1cc(C)ccc1C. The molecule has 0 bridgehead atoms. The van der Waals surface area contributed by atoms with Crippen molar-refractivity contribution in [3.05, 3.63) is 29.3 Å². The van der Waals surface area contributed by atoms with E-state index in [9.17, 15) is 8.42 Å². The Morgan fingerprint density at radius 2 is 1.86 bits per heavy atom. The molecule has 118 valence electrons. The molecule has 1 aromatic carbocycles. The van der Waals surface area contributed by atoms with Crippen molar-refractivity contribution < 1.29 is 8.42 Å². The highest BCUT2D eigenvalue weighted by Crippen LogP contribution is 2.30. The van der Waals surface area contributed by atoms with Gasteiger partial charge in [-0.05, 0) is 50.4 Å². The summed E-state index contributed by atoms with van der Waals surface area (Å²) in [5.74, 6) is 0. The van der Waals surface area contributed by atoms with Crippen molar-refractivity contribution in [2.75, 3.05) is 6.54 Å². The number of hydrogen-bond acceptors (Lipinski definition) is 3. The van der Waals surface area contributed by atoms with Crippen molar-refractivity contribution >= 4 is 9.84 Å². The molecule has 0 aromatic heterocycles. The van der Waals surface area contributed by atoms with Gasteiger partial charge in [-0.3, -0.25) is 0 Å². The number of benzene rings is 1. The van der Waals surface area contributed by atoms with Gasteiger partial charge in [0.2, 0.25) is 0 Å². The topological polar surface area (TPSA) is 46.2 Å². The van der Waals surface area contributed by atoms with Crippen molar-refractivity contribution in [3.63, 3.8) is 0 Å². The molecule has 1 aliphatic rings. The van der Waals surface area contributed by atoms with E-state index in [0.717, 1.165) is 49.8 Å². The van der Waals surface area contributed by atoms with Gasteiger partial charge in [0.15, 0.2) is 9.84 Å². The van der Waals surface area contributed by atoms with Crippen LogP contribution in [0.15, 0.2) is 23.1 Å². The zero-order chi connectivity index (χ0) is 15.5. The second-order valence-corrected chi connectivity index (χ2v) is 8.29. The fourth-order valence-corrected chi connectivity index (χ4v) is 5.65. The van der Waals surface area contributed by atoms with Crippen LogP contribution in [0.3, 0.4) is 0 Å². The Hall–Kier alpha value is -0.870. The Kier molecular flexibility index (Phi) is 5.44. The van der Waals surface area contributed by atoms with Gasteiger partial charge in [0.05, 0.1) is 10.1 Å². The number of nitrogens with one attached hydrogen (secondary N) is 1. The molecule has 0 aliphatic heterocycles. The average Bonchev–Trinajstić information content (AvgIpc) is 2.68. The smallest absolute Gasteiger partial charge is 0.183 e. The van der Waals surface area contributed by atoms with Crippen LogP contribution in [0.2, 0.25) is 0 Å². The van der Waals surface area contributed by atoms with E-state index in [1.807, 2.05) is 39.0 Å². The van der Waals surface area contributed by atoms with Gasteiger partial charge >= 0.3 is 0 Å². The van der Waals surface area contributed by atoms with Gasteiger partial charge < -0.3 is 5.32 Å². The van der Waals surface area contributed by atoms with Crippen LogP contribution in [0, 0.1) is 13.8 Å². The maximum atomic E-state index is 13.2. The summed E-state index contributed by atoms with van der Waals surface area (Å²) in [7, 11) is -3.27. The summed E-state index contributed by atoms with van der Waals surface area (Å²) < 4.78 is 26.3. The molecule has 0 saturated heterocycles. The fourth-order valence-electron chi connectivity index (χ4n) is 3.32. The Morgan fingerprint density at radius 3 is 2.57 bits per heavy atom. The molecule has 1 N–H and O–H groups in total. The van der Waals surface area contributed by atoms with E-state index in [4.69, 9.17) is 0 Å². The Morgan fingerprint density at radius 1 is 1.14 bits per heavy atom. The minimum Gasteiger partial charge on any atom is -0.313 e. The summed E-state index contributed by atoms with van der Waals surface area (Å²) >= 11 is 0. The lowest BCUT2D eigenvalue weighted by atomic mass is 10.1. The third kappa shape index (κ3) is 3.67. The molecule has 0 amide bonds. The molecule has 2 unspecified atom stereocenters. The van der Waals surface area contributed by atoms with E-state index in [1.165, 1.54) is 0 Å². The van der Waals surface area contributed by atoms with Crippen LogP contribution in [0.5, 0.6) is 0 Å².